The summed E-state index contributed by atoms with van der Waals surface area (Å²) in [7, 11) is 0. The van der Waals surface area contributed by atoms with Crippen LogP contribution in [0.15, 0.2) is 52.3 Å². The fourth-order valence-corrected chi connectivity index (χ4v) is 3.69. The molecular formula is C22H33N3OS. The van der Waals surface area contributed by atoms with Gasteiger partial charge in [-0.15, -0.1) is 0 Å². The van der Waals surface area contributed by atoms with E-state index >= 15 is 0 Å². The van der Waals surface area contributed by atoms with E-state index in [9.17, 15) is 0 Å². The third-order valence-electron chi connectivity index (χ3n) is 4.43. The van der Waals surface area contributed by atoms with E-state index in [0.29, 0.717) is 11.4 Å². The Kier molecular flexibility index (Phi) is 9.36. The molecule has 0 aliphatic rings. The number of anilines is 2. The van der Waals surface area contributed by atoms with Gasteiger partial charge in [-0.25, -0.2) is 0 Å². The van der Waals surface area contributed by atoms with Crippen molar-refractivity contribution in [1.82, 2.24) is 4.90 Å². The van der Waals surface area contributed by atoms with Gasteiger partial charge in [0, 0.05) is 16.3 Å². The first-order valence-electron chi connectivity index (χ1n) is 9.90. The minimum Gasteiger partial charge on any atom is -0.492 e. The lowest BCUT2D eigenvalue weighted by atomic mass is 10.2. The zero-order valence-electron chi connectivity index (χ0n) is 16.6. The predicted octanol–water partition coefficient (Wildman–Crippen LogP) is 5.28. The molecule has 2 aromatic carbocycles. The summed E-state index contributed by atoms with van der Waals surface area (Å²) in [6.07, 6.45) is 4.97. The Labute approximate surface area is 168 Å². The summed E-state index contributed by atoms with van der Waals surface area (Å²) in [5.74, 6) is 0.911. The molecule has 0 fully saturated rings. The van der Waals surface area contributed by atoms with Crippen molar-refractivity contribution in [1.29, 1.82) is 0 Å². The molecule has 2 aromatic rings. The Morgan fingerprint density at radius 2 is 1.56 bits per heavy atom. The molecule has 4 nitrogen and oxygen atoms in total. The predicted molar refractivity (Wildman–Crippen MR) is 118 cm³/mol. The molecule has 4 N–H and O–H groups in total. The maximum atomic E-state index is 6.02. The number of nitrogen functional groups attached to an aromatic ring is 2. The first-order chi connectivity index (χ1) is 13.1. The smallest absolute Gasteiger partial charge is 0.120 e. The number of rotatable bonds is 12. The molecule has 0 saturated heterocycles. The Bertz CT molecular complexity index is 685. The lowest BCUT2D eigenvalue weighted by Gasteiger charge is -2.22. The Morgan fingerprint density at radius 1 is 0.852 bits per heavy atom. The summed E-state index contributed by atoms with van der Waals surface area (Å²) in [6.45, 7) is 8.50. The first-order valence-corrected chi connectivity index (χ1v) is 10.7. The molecular weight excluding hydrogens is 354 g/mol. The second kappa shape index (κ2) is 11.8. The van der Waals surface area contributed by atoms with Crippen LogP contribution in [0, 0.1) is 0 Å². The van der Waals surface area contributed by atoms with Gasteiger partial charge < -0.3 is 16.2 Å². The molecule has 0 aromatic heterocycles. The molecule has 0 aliphatic heterocycles. The van der Waals surface area contributed by atoms with Crippen molar-refractivity contribution in [2.75, 3.05) is 37.7 Å². The summed E-state index contributed by atoms with van der Waals surface area (Å²) in [4.78, 5) is 4.72. The summed E-state index contributed by atoms with van der Waals surface area (Å²) < 4.78 is 6.02. The van der Waals surface area contributed by atoms with Gasteiger partial charge in [0.25, 0.3) is 0 Å². The third-order valence-corrected chi connectivity index (χ3v) is 5.41. The average molecular weight is 388 g/mol. The molecule has 0 saturated carbocycles. The van der Waals surface area contributed by atoms with Gasteiger partial charge in [0.1, 0.15) is 12.4 Å². The number of nitrogens with zero attached hydrogens (tertiary/aromatic N) is 1. The van der Waals surface area contributed by atoms with E-state index in [2.05, 4.69) is 30.9 Å². The lowest BCUT2D eigenvalue weighted by Crippen LogP contribution is -2.30. The van der Waals surface area contributed by atoms with E-state index in [1.165, 1.54) is 25.7 Å². The average Bonchev–Trinajstić information content (AvgIpc) is 2.67. The molecule has 0 aliphatic carbocycles. The summed E-state index contributed by atoms with van der Waals surface area (Å²) in [6, 6.07) is 14.0. The minimum absolute atomic E-state index is 0.617. The van der Waals surface area contributed by atoms with Crippen LogP contribution < -0.4 is 16.2 Å². The Balaban J connectivity index is 1.87. The molecule has 0 atom stereocenters. The fraction of sp³-hybridized carbons (Fsp3) is 0.455. The maximum Gasteiger partial charge on any atom is 0.120 e. The van der Waals surface area contributed by atoms with E-state index < -0.39 is 0 Å². The SMILES string of the molecule is CCCCN(CCCC)CCOc1cccc(Sc2ccc(N)c(N)c2)c1. The molecule has 27 heavy (non-hydrogen) atoms. The third kappa shape index (κ3) is 7.73. The van der Waals surface area contributed by atoms with Gasteiger partial charge in [-0.05, 0) is 62.3 Å². The fourth-order valence-electron chi connectivity index (χ4n) is 2.77. The highest BCUT2D eigenvalue weighted by Gasteiger charge is 2.06. The van der Waals surface area contributed by atoms with Gasteiger partial charge in [-0.3, -0.25) is 4.90 Å². The largest absolute Gasteiger partial charge is 0.492 e. The summed E-state index contributed by atoms with van der Waals surface area (Å²) in [5.41, 5.74) is 12.9. The second-order valence-corrected chi connectivity index (χ2v) is 7.91. The van der Waals surface area contributed by atoms with Crippen molar-refractivity contribution in [2.24, 2.45) is 0 Å². The van der Waals surface area contributed by atoms with E-state index in [1.54, 1.807) is 11.8 Å². The van der Waals surface area contributed by atoms with Gasteiger partial charge in [-0.2, -0.15) is 0 Å². The normalized spacial score (nSPS) is 11.1. The van der Waals surface area contributed by atoms with Crippen LogP contribution in [-0.2, 0) is 0 Å². The number of hydrogen-bond donors (Lipinski definition) is 2. The molecule has 5 heteroatoms. The van der Waals surface area contributed by atoms with E-state index in [0.717, 1.165) is 41.8 Å². The van der Waals surface area contributed by atoms with Crippen molar-refractivity contribution in [3.05, 3.63) is 42.5 Å². The van der Waals surface area contributed by atoms with E-state index in [1.807, 2.05) is 30.3 Å². The number of unbranched alkanes of at least 4 members (excludes halogenated alkanes) is 2. The summed E-state index contributed by atoms with van der Waals surface area (Å²) in [5, 5.41) is 0. The Hall–Kier alpha value is -1.85. The monoisotopic (exact) mass is 387 g/mol. The molecule has 0 heterocycles. The maximum absolute atomic E-state index is 6.02. The minimum atomic E-state index is 0.617. The van der Waals surface area contributed by atoms with Crippen LogP contribution in [0.2, 0.25) is 0 Å². The van der Waals surface area contributed by atoms with Crippen LogP contribution in [-0.4, -0.2) is 31.1 Å². The molecule has 0 bridgehead atoms. The van der Waals surface area contributed by atoms with Crippen molar-refractivity contribution in [3.63, 3.8) is 0 Å². The van der Waals surface area contributed by atoms with E-state index in [4.69, 9.17) is 16.2 Å². The highest BCUT2D eigenvalue weighted by Crippen LogP contribution is 2.32. The zero-order valence-corrected chi connectivity index (χ0v) is 17.4. The molecule has 2 rings (SSSR count). The number of benzene rings is 2. The van der Waals surface area contributed by atoms with Gasteiger partial charge in [0.2, 0.25) is 0 Å². The van der Waals surface area contributed by atoms with Crippen LogP contribution in [0.3, 0.4) is 0 Å². The van der Waals surface area contributed by atoms with Crippen LogP contribution in [0.25, 0.3) is 0 Å². The van der Waals surface area contributed by atoms with Crippen molar-refractivity contribution >= 4 is 23.1 Å². The lowest BCUT2D eigenvalue weighted by molar-refractivity contribution is 0.204. The topological polar surface area (TPSA) is 64.5 Å². The molecule has 0 amide bonds. The van der Waals surface area contributed by atoms with Gasteiger partial charge in [0.15, 0.2) is 0 Å². The quantitative estimate of drug-likeness (QED) is 0.485. The Morgan fingerprint density at radius 3 is 2.22 bits per heavy atom. The number of ether oxygens (including phenoxy) is 1. The van der Waals surface area contributed by atoms with Gasteiger partial charge in [0.05, 0.1) is 11.4 Å². The van der Waals surface area contributed by atoms with Gasteiger partial charge >= 0.3 is 0 Å². The van der Waals surface area contributed by atoms with Crippen LogP contribution in [0.5, 0.6) is 5.75 Å². The van der Waals surface area contributed by atoms with Crippen LogP contribution >= 0.6 is 11.8 Å². The second-order valence-electron chi connectivity index (χ2n) is 6.76. The molecule has 148 valence electrons. The molecule has 0 unspecified atom stereocenters. The van der Waals surface area contributed by atoms with Crippen molar-refractivity contribution in [2.45, 2.75) is 49.3 Å². The molecule has 0 radical (unpaired) electrons. The highest BCUT2D eigenvalue weighted by atomic mass is 32.2. The highest BCUT2D eigenvalue weighted by molar-refractivity contribution is 7.99. The van der Waals surface area contributed by atoms with Crippen molar-refractivity contribution in [3.8, 4) is 5.75 Å². The first kappa shape index (κ1) is 21.5. The van der Waals surface area contributed by atoms with Crippen LogP contribution in [0.1, 0.15) is 39.5 Å². The van der Waals surface area contributed by atoms with Crippen LogP contribution in [0.4, 0.5) is 11.4 Å². The van der Waals surface area contributed by atoms with Gasteiger partial charge in [-0.1, -0.05) is 44.5 Å². The zero-order chi connectivity index (χ0) is 19.5. The number of hydrogen-bond acceptors (Lipinski definition) is 5. The van der Waals surface area contributed by atoms with E-state index in [-0.39, 0.29) is 0 Å². The van der Waals surface area contributed by atoms with Crippen molar-refractivity contribution < 1.29 is 4.74 Å². The summed E-state index contributed by atoms with van der Waals surface area (Å²) >= 11 is 1.66. The molecule has 0 spiro atoms. The standard InChI is InChI=1S/C22H33N3OS/c1-3-5-12-25(13-6-4-2)14-15-26-18-8-7-9-19(16-18)27-20-10-11-21(23)22(24)17-20/h7-11,16-17H,3-6,12-15,23-24H2,1-2H3. The number of nitrogens with two attached hydrogens (primary N) is 2.